The number of para-hydroxylation sites is 2. The third kappa shape index (κ3) is 5.46. The molecule has 3 aromatic carbocycles. The summed E-state index contributed by atoms with van der Waals surface area (Å²) in [4.78, 5) is 27.0. The summed E-state index contributed by atoms with van der Waals surface area (Å²) in [6.07, 6.45) is 6.67. The van der Waals surface area contributed by atoms with E-state index >= 15 is 0 Å². The molecule has 0 saturated heterocycles. The number of carbonyl (C=O) groups is 2. The number of aromatic nitrogens is 2. The van der Waals surface area contributed by atoms with E-state index < -0.39 is 5.97 Å². The van der Waals surface area contributed by atoms with Crippen LogP contribution in [0.2, 0.25) is 0 Å². The molecule has 0 spiro atoms. The van der Waals surface area contributed by atoms with Crippen LogP contribution >= 0.6 is 0 Å². The minimum Gasteiger partial charge on any atom is -0.497 e. The quantitative estimate of drug-likeness (QED) is 0.265. The molecule has 2 heterocycles. The van der Waals surface area contributed by atoms with Crippen molar-refractivity contribution in [2.24, 2.45) is 0 Å². The van der Waals surface area contributed by atoms with E-state index in [-0.39, 0.29) is 12.5 Å². The molecular weight excluding hydrogens is 466 g/mol. The van der Waals surface area contributed by atoms with Gasteiger partial charge in [-0.15, -0.1) is 0 Å². The molecule has 0 atom stereocenters. The maximum atomic E-state index is 12.8. The number of benzene rings is 3. The van der Waals surface area contributed by atoms with Gasteiger partial charge in [-0.05, 0) is 66.9 Å². The minimum atomic E-state index is -0.591. The van der Waals surface area contributed by atoms with Gasteiger partial charge < -0.3 is 14.4 Å². The van der Waals surface area contributed by atoms with Gasteiger partial charge in [0.15, 0.2) is 6.61 Å². The molecule has 0 radical (unpaired) electrons. The van der Waals surface area contributed by atoms with Crippen LogP contribution in [-0.4, -0.2) is 41.9 Å². The zero-order valence-corrected chi connectivity index (χ0v) is 20.5. The van der Waals surface area contributed by atoms with Crippen LogP contribution in [0.5, 0.6) is 5.75 Å². The number of esters is 1. The first-order valence-corrected chi connectivity index (χ1v) is 12.1. The van der Waals surface area contributed by atoms with Gasteiger partial charge in [0.2, 0.25) is 0 Å². The summed E-state index contributed by atoms with van der Waals surface area (Å²) < 4.78 is 12.3. The van der Waals surface area contributed by atoms with Gasteiger partial charge in [-0.1, -0.05) is 36.4 Å². The smallest absolute Gasteiger partial charge is 0.331 e. The third-order valence-electron chi connectivity index (χ3n) is 6.27. The molecule has 1 aromatic heterocycles. The highest BCUT2D eigenvalue weighted by Gasteiger charge is 2.22. The summed E-state index contributed by atoms with van der Waals surface area (Å²) in [7, 11) is 1.62. The maximum Gasteiger partial charge on any atom is 0.331 e. The van der Waals surface area contributed by atoms with E-state index in [4.69, 9.17) is 14.6 Å². The van der Waals surface area contributed by atoms with Gasteiger partial charge >= 0.3 is 5.97 Å². The number of anilines is 1. The van der Waals surface area contributed by atoms with Crippen molar-refractivity contribution < 1.29 is 19.1 Å². The SMILES string of the molecule is COc1ccc(-c2nn(-c3ccccc3)cc2/C=C/C(=O)OCC(=O)N2CCCc3ccccc32)cc1. The fourth-order valence-electron chi connectivity index (χ4n) is 4.40. The van der Waals surface area contributed by atoms with E-state index in [0.717, 1.165) is 46.7 Å². The number of rotatable bonds is 7. The van der Waals surface area contributed by atoms with Crippen LogP contribution in [0.4, 0.5) is 5.69 Å². The number of hydrogen-bond acceptors (Lipinski definition) is 5. The van der Waals surface area contributed by atoms with Crippen molar-refractivity contribution in [2.75, 3.05) is 25.2 Å². The fraction of sp³-hybridized carbons (Fsp3) is 0.167. The topological polar surface area (TPSA) is 73.7 Å². The van der Waals surface area contributed by atoms with Crippen molar-refractivity contribution in [1.82, 2.24) is 9.78 Å². The molecule has 0 unspecified atom stereocenters. The number of hydrogen-bond donors (Lipinski definition) is 0. The number of amides is 1. The Balaban J connectivity index is 1.32. The molecule has 4 aromatic rings. The molecule has 7 heteroatoms. The Morgan fingerprint density at radius 1 is 0.973 bits per heavy atom. The lowest BCUT2D eigenvalue weighted by Gasteiger charge is -2.29. The lowest BCUT2D eigenvalue weighted by molar-refractivity contribution is -0.142. The fourth-order valence-corrected chi connectivity index (χ4v) is 4.40. The van der Waals surface area contributed by atoms with E-state index in [9.17, 15) is 9.59 Å². The first-order valence-electron chi connectivity index (χ1n) is 12.1. The van der Waals surface area contributed by atoms with Crippen LogP contribution in [0.25, 0.3) is 23.0 Å². The summed E-state index contributed by atoms with van der Waals surface area (Å²) in [5.74, 6) is -0.0792. The summed E-state index contributed by atoms with van der Waals surface area (Å²) in [6, 6.07) is 25.1. The van der Waals surface area contributed by atoms with Crippen molar-refractivity contribution in [1.29, 1.82) is 0 Å². The van der Waals surface area contributed by atoms with Gasteiger partial charge in [0.1, 0.15) is 5.75 Å². The molecule has 0 bridgehead atoms. The van der Waals surface area contributed by atoms with E-state index in [1.54, 1.807) is 22.8 Å². The number of carbonyl (C=O) groups excluding carboxylic acids is 2. The summed E-state index contributed by atoms with van der Waals surface area (Å²) in [5.41, 5.74) is 5.24. The van der Waals surface area contributed by atoms with Crippen LogP contribution in [0.3, 0.4) is 0 Å². The van der Waals surface area contributed by atoms with Crippen molar-refractivity contribution in [3.8, 4) is 22.7 Å². The van der Waals surface area contributed by atoms with Gasteiger partial charge in [-0.2, -0.15) is 5.10 Å². The van der Waals surface area contributed by atoms with E-state index in [0.29, 0.717) is 12.2 Å². The predicted octanol–water partition coefficient (Wildman–Crippen LogP) is 5.08. The number of fused-ring (bicyclic) bond motifs is 1. The minimum absolute atomic E-state index is 0.232. The van der Waals surface area contributed by atoms with Crippen molar-refractivity contribution >= 4 is 23.6 Å². The summed E-state index contributed by atoms with van der Waals surface area (Å²) in [6.45, 7) is 0.305. The molecule has 0 aliphatic carbocycles. The number of ether oxygens (including phenoxy) is 2. The van der Waals surface area contributed by atoms with Crippen LogP contribution in [-0.2, 0) is 20.7 Å². The second-order valence-electron chi connectivity index (χ2n) is 8.66. The standard InChI is InChI=1S/C30H27N3O4/c1-36-26-16-13-23(14-17-26)30-24(20-33(31-30)25-10-3-2-4-11-25)15-18-29(35)37-21-28(34)32-19-7-9-22-8-5-6-12-27(22)32/h2-6,8,10-18,20H,7,9,19,21H2,1H3/b18-15+. The number of methoxy groups -OCH3 is 1. The molecule has 1 aliphatic rings. The summed E-state index contributed by atoms with van der Waals surface area (Å²) in [5, 5.41) is 4.75. The number of aryl methyl sites for hydroxylation is 1. The van der Waals surface area contributed by atoms with E-state index in [1.165, 1.54) is 6.08 Å². The van der Waals surface area contributed by atoms with Gasteiger partial charge in [-0.25, -0.2) is 9.48 Å². The van der Waals surface area contributed by atoms with Crippen LogP contribution in [0, 0.1) is 0 Å². The Morgan fingerprint density at radius 3 is 2.51 bits per heavy atom. The van der Waals surface area contributed by atoms with Crippen LogP contribution in [0.15, 0.2) is 91.1 Å². The van der Waals surface area contributed by atoms with Gasteiger partial charge in [0, 0.05) is 35.6 Å². The monoisotopic (exact) mass is 493 g/mol. The Hall–Kier alpha value is -4.65. The van der Waals surface area contributed by atoms with Crippen molar-refractivity contribution in [3.05, 3.63) is 102 Å². The first-order chi connectivity index (χ1) is 18.1. The molecule has 1 aliphatic heterocycles. The molecule has 37 heavy (non-hydrogen) atoms. The lowest BCUT2D eigenvalue weighted by atomic mass is 10.0. The zero-order chi connectivity index (χ0) is 25.6. The van der Waals surface area contributed by atoms with Gasteiger partial charge in [-0.3, -0.25) is 4.79 Å². The normalized spacial score (nSPS) is 12.8. The van der Waals surface area contributed by atoms with Crippen molar-refractivity contribution in [3.63, 3.8) is 0 Å². The largest absolute Gasteiger partial charge is 0.497 e. The lowest BCUT2D eigenvalue weighted by Crippen LogP contribution is -2.38. The Bertz CT molecular complexity index is 1420. The highest BCUT2D eigenvalue weighted by atomic mass is 16.5. The third-order valence-corrected chi connectivity index (χ3v) is 6.27. The van der Waals surface area contributed by atoms with E-state index in [1.807, 2.05) is 85.1 Å². The van der Waals surface area contributed by atoms with E-state index in [2.05, 4.69) is 0 Å². The first kappa shape index (κ1) is 24.1. The second-order valence-corrected chi connectivity index (χ2v) is 8.66. The molecule has 186 valence electrons. The molecule has 5 rings (SSSR count). The molecule has 1 amide bonds. The highest BCUT2D eigenvalue weighted by Crippen LogP contribution is 2.28. The van der Waals surface area contributed by atoms with Crippen molar-refractivity contribution in [2.45, 2.75) is 12.8 Å². The second kappa shape index (κ2) is 11.0. The van der Waals surface area contributed by atoms with Crippen LogP contribution in [0.1, 0.15) is 17.5 Å². The Labute approximate surface area is 215 Å². The maximum absolute atomic E-state index is 12.8. The Morgan fingerprint density at radius 2 is 1.73 bits per heavy atom. The molecule has 0 fully saturated rings. The predicted molar refractivity (Wildman–Crippen MR) is 143 cm³/mol. The van der Waals surface area contributed by atoms with Gasteiger partial charge in [0.05, 0.1) is 18.5 Å². The molecular formula is C30H27N3O4. The van der Waals surface area contributed by atoms with Gasteiger partial charge in [0.25, 0.3) is 5.91 Å². The molecule has 7 nitrogen and oxygen atoms in total. The molecule has 0 saturated carbocycles. The Kier molecular flexibility index (Phi) is 7.12. The summed E-state index contributed by atoms with van der Waals surface area (Å²) >= 11 is 0. The average molecular weight is 494 g/mol. The highest BCUT2D eigenvalue weighted by molar-refractivity contribution is 5.97. The zero-order valence-electron chi connectivity index (χ0n) is 20.5. The van der Waals surface area contributed by atoms with Crippen LogP contribution < -0.4 is 9.64 Å². The average Bonchev–Trinajstić information content (AvgIpc) is 3.39. The number of nitrogens with zero attached hydrogens (tertiary/aromatic N) is 3. The molecule has 0 N–H and O–H groups in total.